The molecule has 5 heteroatoms. The van der Waals surface area contributed by atoms with E-state index in [9.17, 15) is 0 Å². The summed E-state index contributed by atoms with van der Waals surface area (Å²) in [5.74, 6) is 0. The molecular weight excluding hydrogens is 333 g/mol. The van der Waals surface area contributed by atoms with E-state index in [4.69, 9.17) is 11.1 Å². The summed E-state index contributed by atoms with van der Waals surface area (Å²) in [7, 11) is 0. The Kier molecular flexibility index (Phi) is 4.67. The highest BCUT2D eigenvalue weighted by Crippen LogP contribution is 2.26. The molecule has 0 aliphatic rings. The average molecular weight is 347 g/mol. The third-order valence-electron chi connectivity index (χ3n) is 2.31. The van der Waals surface area contributed by atoms with Crippen molar-refractivity contribution in [2.45, 2.75) is 18.5 Å². The number of nitrogens with two attached hydrogens (primary N) is 2. The van der Waals surface area contributed by atoms with Crippen molar-refractivity contribution in [1.82, 2.24) is 4.57 Å². The van der Waals surface area contributed by atoms with Gasteiger partial charge in [-0.3, -0.25) is 11.1 Å². The molecule has 0 bridgehead atoms. The van der Waals surface area contributed by atoms with Gasteiger partial charge in [0.15, 0.2) is 0 Å². The molecule has 0 saturated carbocycles. The molecule has 86 valence electrons. The quantitative estimate of drug-likeness (QED) is 0.281. The van der Waals surface area contributed by atoms with Gasteiger partial charge in [-0.25, -0.2) is 0 Å². The van der Waals surface area contributed by atoms with E-state index in [1.54, 1.807) is 0 Å². The number of thioether (sulfide) groups is 1. The minimum Gasteiger partial charge on any atom is -1.00 e. The van der Waals surface area contributed by atoms with E-state index in [-0.39, 0.29) is 24.0 Å². The number of amidine groups is 1. The summed E-state index contributed by atoms with van der Waals surface area (Å²) in [5.41, 5.74) is 6.74. The Hall–Kier alpha value is -0.690. The number of hydrogen-bond donors (Lipinski definition) is 2. The monoisotopic (exact) mass is 347 g/mol. The van der Waals surface area contributed by atoms with Crippen LogP contribution < -0.4 is 35.1 Å². The summed E-state index contributed by atoms with van der Waals surface area (Å²) in [4.78, 5) is 0. The number of aromatic nitrogens is 1. The van der Waals surface area contributed by atoms with Gasteiger partial charge in [0, 0.05) is 29.2 Å². The van der Waals surface area contributed by atoms with Crippen molar-refractivity contribution in [1.29, 1.82) is 0 Å². The molecule has 1 aromatic heterocycles. The maximum Gasteiger partial charge on any atom is 0.306 e. The van der Waals surface area contributed by atoms with Gasteiger partial charge >= 0.3 is 5.17 Å². The first kappa shape index (κ1) is 13.4. The number of para-hydroxylation sites is 1. The van der Waals surface area contributed by atoms with Crippen molar-refractivity contribution in [2.24, 2.45) is 5.73 Å². The Morgan fingerprint density at radius 3 is 2.75 bits per heavy atom. The lowest BCUT2D eigenvalue weighted by Crippen LogP contribution is -3.00. The SMILES string of the molecule is CCn1c(SC(N)=[NH2+])cc2ccccc21.[I-]. The van der Waals surface area contributed by atoms with Crippen LogP contribution in [0.4, 0.5) is 0 Å². The van der Waals surface area contributed by atoms with E-state index in [0.717, 1.165) is 11.6 Å². The van der Waals surface area contributed by atoms with Crippen molar-refractivity contribution in [2.75, 3.05) is 0 Å². The van der Waals surface area contributed by atoms with E-state index in [2.05, 4.69) is 29.7 Å². The topological polar surface area (TPSA) is 56.5 Å². The summed E-state index contributed by atoms with van der Waals surface area (Å²) in [6, 6.07) is 10.4. The summed E-state index contributed by atoms with van der Waals surface area (Å²) >= 11 is 1.41. The van der Waals surface area contributed by atoms with E-state index >= 15 is 0 Å². The van der Waals surface area contributed by atoms with Gasteiger partial charge in [-0.05, 0) is 19.1 Å². The van der Waals surface area contributed by atoms with Gasteiger partial charge in [0.25, 0.3) is 0 Å². The molecule has 0 saturated heterocycles. The minimum absolute atomic E-state index is 0. The molecule has 1 heterocycles. The lowest BCUT2D eigenvalue weighted by molar-refractivity contribution is -0.110. The molecule has 0 spiro atoms. The Balaban J connectivity index is 0.00000128. The zero-order valence-corrected chi connectivity index (χ0v) is 12.0. The van der Waals surface area contributed by atoms with Crippen LogP contribution in [0, 0.1) is 0 Å². The van der Waals surface area contributed by atoms with E-state index in [1.165, 1.54) is 22.7 Å². The van der Waals surface area contributed by atoms with Gasteiger partial charge < -0.3 is 28.5 Å². The number of nitrogens with zero attached hydrogens (tertiary/aromatic N) is 1. The van der Waals surface area contributed by atoms with Gasteiger partial charge in [0.2, 0.25) is 0 Å². The number of benzene rings is 1. The first-order valence-corrected chi connectivity index (χ1v) is 5.68. The highest BCUT2D eigenvalue weighted by atomic mass is 127. The van der Waals surface area contributed by atoms with Crippen molar-refractivity contribution in [3.05, 3.63) is 30.3 Å². The van der Waals surface area contributed by atoms with Gasteiger partial charge in [-0.1, -0.05) is 18.2 Å². The molecule has 0 fully saturated rings. The van der Waals surface area contributed by atoms with Crippen LogP contribution in [0.15, 0.2) is 35.4 Å². The highest BCUT2D eigenvalue weighted by Gasteiger charge is 2.10. The summed E-state index contributed by atoms with van der Waals surface area (Å²) in [5, 5.41) is 8.22. The maximum atomic E-state index is 5.51. The largest absolute Gasteiger partial charge is 1.00 e. The van der Waals surface area contributed by atoms with Gasteiger partial charge in [-0.2, -0.15) is 0 Å². The number of halogens is 1. The number of aryl methyl sites for hydroxylation is 1. The molecule has 0 aliphatic carbocycles. The Labute approximate surface area is 116 Å². The van der Waals surface area contributed by atoms with Gasteiger partial charge in [-0.15, -0.1) is 0 Å². The molecule has 0 atom stereocenters. The van der Waals surface area contributed by atoms with Crippen LogP contribution in [-0.2, 0) is 6.54 Å². The normalized spacial score (nSPS) is 10.1. The van der Waals surface area contributed by atoms with Crippen LogP contribution in [0.5, 0.6) is 0 Å². The molecule has 1 aromatic carbocycles. The van der Waals surface area contributed by atoms with Crippen molar-refractivity contribution in [3.8, 4) is 0 Å². The first-order chi connectivity index (χ1) is 7.22. The van der Waals surface area contributed by atoms with E-state index < -0.39 is 0 Å². The number of rotatable bonds is 2. The average Bonchev–Trinajstić information content (AvgIpc) is 2.53. The van der Waals surface area contributed by atoms with Crippen molar-refractivity contribution in [3.63, 3.8) is 0 Å². The Morgan fingerprint density at radius 1 is 1.44 bits per heavy atom. The van der Waals surface area contributed by atoms with Crippen LogP contribution in [0.1, 0.15) is 6.92 Å². The number of fused-ring (bicyclic) bond motifs is 1. The highest BCUT2D eigenvalue weighted by molar-refractivity contribution is 8.13. The fraction of sp³-hybridized carbons (Fsp3) is 0.182. The minimum atomic E-state index is 0. The molecule has 2 rings (SSSR count). The zero-order valence-electron chi connectivity index (χ0n) is 8.98. The van der Waals surface area contributed by atoms with Gasteiger partial charge in [0.05, 0.1) is 5.03 Å². The fourth-order valence-electron chi connectivity index (χ4n) is 1.72. The molecular formula is C11H14IN3S. The zero-order chi connectivity index (χ0) is 10.8. The smallest absolute Gasteiger partial charge is 0.306 e. The summed E-state index contributed by atoms with van der Waals surface area (Å²) < 4.78 is 2.21. The standard InChI is InChI=1S/C11H13N3S.HI/c1-2-14-9-6-4-3-5-8(9)7-10(14)15-11(12)13;/h3-7H,2H2,1H3,(H3,12,13);1H. The summed E-state index contributed by atoms with van der Waals surface area (Å²) in [6.45, 7) is 3.03. The van der Waals surface area contributed by atoms with Crippen LogP contribution in [0.25, 0.3) is 10.9 Å². The third kappa shape index (κ3) is 2.52. The fourth-order valence-corrected chi connectivity index (χ4v) is 2.48. The third-order valence-corrected chi connectivity index (χ3v) is 3.09. The Bertz CT molecular complexity index is 507. The second kappa shape index (κ2) is 5.58. The van der Waals surface area contributed by atoms with Crippen LogP contribution in [0.2, 0.25) is 0 Å². The predicted molar refractivity (Wildman–Crippen MR) is 64.6 cm³/mol. The molecule has 0 amide bonds. The molecule has 0 aliphatic heterocycles. The van der Waals surface area contributed by atoms with Crippen molar-refractivity contribution < 1.29 is 29.4 Å². The lowest BCUT2D eigenvalue weighted by atomic mass is 10.2. The van der Waals surface area contributed by atoms with Gasteiger partial charge in [0.1, 0.15) is 0 Å². The first-order valence-electron chi connectivity index (χ1n) is 4.86. The molecule has 0 radical (unpaired) electrons. The second-order valence-corrected chi connectivity index (χ2v) is 4.38. The predicted octanol–water partition coefficient (Wildman–Crippen LogP) is -2.17. The molecule has 3 nitrogen and oxygen atoms in total. The maximum absolute atomic E-state index is 5.51. The molecule has 0 unspecified atom stereocenters. The lowest BCUT2D eigenvalue weighted by Gasteiger charge is -2.04. The second-order valence-electron chi connectivity index (χ2n) is 3.29. The van der Waals surface area contributed by atoms with E-state index in [1.807, 2.05) is 12.1 Å². The molecule has 16 heavy (non-hydrogen) atoms. The van der Waals surface area contributed by atoms with Crippen molar-refractivity contribution >= 4 is 27.8 Å². The van der Waals surface area contributed by atoms with E-state index in [0.29, 0.717) is 5.17 Å². The van der Waals surface area contributed by atoms with Crippen LogP contribution in [0.3, 0.4) is 0 Å². The van der Waals surface area contributed by atoms with Crippen LogP contribution in [-0.4, -0.2) is 9.73 Å². The molecule has 4 N–H and O–H groups in total. The Morgan fingerprint density at radius 2 is 2.12 bits per heavy atom. The molecule has 2 aromatic rings. The van der Waals surface area contributed by atoms with Crippen LogP contribution >= 0.6 is 11.8 Å². The summed E-state index contributed by atoms with van der Waals surface area (Å²) in [6.07, 6.45) is 0. The number of hydrogen-bond acceptors (Lipinski definition) is 1.